The number of nitrogens with one attached hydrogen (secondary N) is 2. The molecule has 1 atom stereocenters. The molecule has 4 heteroatoms. The van der Waals surface area contributed by atoms with Gasteiger partial charge in [0.1, 0.15) is 5.71 Å². The van der Waals surface area contributed by atoms with E-state index in [4.69, 9.17) is 0 Å². The van der Waals surface area contributed by atoms with Crippen LogP contribution in [0.3, 0.4) is 0 Å². The minimum atomic E-state index is -0.124. The Labute approximate surface area is 91.9 Å². The van der Waals surface area contributed by atoms with Crippen molar-refractivity contribution in [3.8, 4) is 0 Å². The number of hydrogen-bond acceptors (Lipinski definition) is 3. The van der Waals surface area contributed by atoms with Crippen LogP contribution in [-0.4, -0.2) is 37.8 Å². The van der Waals surface area contributed by atoms with Gasteiger partial charge in [0.25, 0.3) is 5.91 Å². The third-order valence-electron chi connectivity index (χ3n) is 1.88. The first-order valence-corrected chi connectivity index (χ1v) is 5.26. The van der Waals surface area contributed by atoms with Gasteiger partial charge in [-0.25, -0.2) is 0 Å². The zero-order valence-electron chi connectivity index (χ0n) is 10.0. The lowest BCUT2D eigenvalue weighted by Gasteiger charge is -2.13. The first-order chi connectivity index (χ1) is 7.15. The first-order valence-electron chi connectivity index (χ1n) is 5.26. The van der Waals surface area contributed by atoms with Gasteiger partial charge in [0.05, 0.1) is 0 Å². The first kappa shape index (κ1) is 13.8. The minimum Gasteiger partial charge on any atom is -0.347 e. The lowest BCUT2D eigenvalue weighted by molar-refractivity contribution is -0.115. The zero-order valence-corrected chi connectivity index (χ0v) is 10.0. The lowest BCUT2D eigenvalue weighted by Crippen LogP contribution is -2.42. The van der Waals surface area contributed by atoms with Gasteiger partial charge in [0.2, 0.25) is 0 Å². The largest absolute Gasteiger partial charge is 0.347 e. The molecule has 4 nitrogen and oxygen atoms in total. The Morgan fingerprint density at radius 3 is 2.67 bits per heavy atom. The molecule has 0 spiro atoms. The molecule has 1 amide bonds. The van der Waals surface area contributed by atoms with Gasteiger partial charge in [-0.05, 0) is 26.5 Å². The van der Waals surface area contributed by atoms with Gasteiger partial charge < -0.3 is 10.6 Å². The molecule has 0 aromatic rings. The lowest BCUT2D eigenvalue weighted by atomic mass is 10.2. The summed E-state index contributed by atoms with van der Waals surface area (Å²) >= 11 is 0. The van der Waals surface area contributed by atoms with Crippen molar-refractivity contribution in [2.75, 3.05) is 20.1 Å². The van der Waals surface area contributed by atoms with Crippen molar-refractivity contribution < 1.29 is 4.79 Å². The van der Waals surface area contributed by atoms with Crippen molar-refractivity contribution in [2.24, 2.45) is 4.99 Å². The van der Waals surface area contributed by atoms with E-state index >= 15 is 0 Å². The van der Waals surface area contributed by atoms with Gasteiger partial charge in [-0.15, -0.1) is 0 Å². The van der Waals surface area contributed by atoms with Gasteiger partial charge in [0.15, 0.2) is 0 Å². The van der Waals surface area contributed by atoms with Crippen molar-refractivity contribution >= 4 is 11.6 Å². The van der Waals surface area contributed by atoms with Crippen LogP contribution in [0.1, 0.15) is 20.8 Å². The van der Waals surface area contributed by atoms with E-state index in [2.05, 4.69) is 15.6 Å². The third-order valence-corrected chi connectivity index (χ3v) is 1.88. The average Bonchev–Trinajstić information content (AvgIpc) is 2.22. The van der Waals surface area contributed by atoms with Gasteiger partial charge in [-0.3, -0.25) is 9.79 Å². The molecule has 0 aliphatic carbocycles. The SMILES string of the molecule is CC=CC(=NC)C(=O)NC(C)CNCC. The molecule has 0 aromatic carbocycles. The van der Waals surface area contributed by atoms with E-state index in [1.807, 2.05) is 20.8 Å². The summed E-state index contributed by atoms with van der Waals surface area (Å²) in [5, 5.41) is 6.04. The second-order valence-corrected chi connectivity index (χ2v) is 3.29. The molecular formula is C11H21N3O. The topological polar surface area (TPSA) is 53.5 Å². The second-order valence-electron chi connectivity index (χ2n) is 3.29. The fourth-order valence-corrected chi connectivity index (χ4v) is 1.12. The summed E-state index contributed by atoms with van der Waals surface area (Å²) in [7, 11) is 1.61. The molecule has 1 unspecified atom stereocenters. The predicted molar refractivity (Wildman–Crippen MR) is 64.3 cm³/mol. The Morgan fingerprint density at radius 1 is 1.53 bits per heavy atom. The molecule has 86 valence electrons. The van der Waals surface area contributed by atoms with Crippen LogP contribution in [0.15, 0.2) is 17.1 Å². The van der Waals surface area contributed by atoms with Crippen LogP contribution in [0.4, 0.5) is 0 Å². The Bertz CT molecular complexity index is 246. The maximum Gasteiger partial charge on any atom is 0.269 e. The Balaban J connectivity index is 4.11. The molecule has 0 rings (SSSR count). The van der Waals surface area contributed by atoms with Crippen LogP contribution in [0, 0.1) is 0 Å². The van der Waals surface area contributed by atoms with Gasteiger partial charge in [-0.1, -0.05) is 13.0 Å². The van der Waals surface area contributed by atoms with E-state index in [0.717, 1.165) is 13.1 Å². The number of amides is 1. The highest BCUT2D eigenvalue weighted by Crippen LogP contribution is 1.86. The molecule has 15 heavy (non-hydrogen) atoms. The minimum absolute atomic E-state index is 0.111. The second kappa shape index (κ2) is 8.17. The average molecular weight is 211 g/mol. The standard InChI is InChI=1S/C11H21N3O/c1-5-7-10(12-4)11(15)14-9(3)8-13-6-2/h5,7,9,13H,6,8H2,1-4H3,(H,14,15). The Morgan fingerprint density at radius 2 is 2.20 bits per heavy atom. The molecule has 0 radical (unpaired) electrons. The number of carbonyl (C=O) groups excluding carboxylic acids is 1. The molecule has 0 fully saturated rings. The van der Waals surface area contributed by atoms with E-state index in [-0.39, 0.29) is 11.9 Å². The van der Waals surface area contributed by atoms with Crippen LogP contribution in [0.2, 0.25) is 0 Å². The molecule has 0 saturated heterocycles. The highest BCUT2D eigenvalue weighted by Gasteiger charge is 2.10. The number of carbonyl (C=O) groups is 1. The van der Waals surface area contributed by atoms with Crippen molar-refractivity contribution in [2.45, 2.75) is 26.8 Å². The number of rotatable bonds is 6. The van der Waals surface area contributed by atoms with Crippen LogP contribution in [-0.2, 0) is 4.79 Å². The monoisotopic (exact) mass is 211 g/mol. The molecule has 0 saturated carbocycles. The van der Waals surface area contributed by atoms with E-state index < -0.39 is 0 Å². The maximum atomic E-state index is 11.6. The summed E-state index contributed by atoms with van der Waals surface area (Å²) in [6.07, 6.45) is 3.51. The summed E-state index contributed by atoms with van der Waals surface area (Å²) in [6.45, 7) is 7.54. The van der Waals surface area contributed by atoms with E-state index in [1.165, 1.54) is 0 Å². The molecule has 0 heterocycles. The number of allylic oxidation sites excluding steroid dienone is 1. The summed E-state index contributed by atoms with van der Waals surface area (Å²) in [5.41, 5.74) is 0.459. The highest BCUT2D eigenvalue weighted by molar-refractivity contribution is 6.43. The van der Waals surface area contributed by atoms with Gasteiger partial charge >= 0.3 is 0 Å². The van der Waals surface area contributed by atoms with E-state index in [0.29, 0.717) is 5.71 Å². The van der Waals surface area contributed by atoms with Crippen LogP contribution in [0.25, 0.3) is 0 Å². The Hall–Kier alpha value is -1.16. The Kier molecular flexibility index (Phi) is 7.54. The summed E-state index contributed by atoms with van der Waals surface area (Å²) in [4.78, 5) is 15.5. The highest BCUT2D eigenvalue weighted by atomic mass is 16.1. The van der Waals surface area contributed by atoms with Gasteiger partial charge in [0, 0.05) is 19.6 Å². The molecule has 0 aromatic heterocycles. The maximum absolute atomic E-state index is 11.6. The van der Waals surface area contributed by atoms with Crippen LogP contribution < -0.4 is 10.6 Å². The molecule has 0 bridgehead atoms. The van der Waals surface area contributed by atoms with Crippen molar-refractivity contribution in [1.82, 2.24) is 10.6 Å². The number of likely N-dealkylation sites (N-methyl/N-ethyl adjacent to an activating group) is 1. The van der Waals surface area contributed by atoms with E-state index in [1.54, 1.807) is 19.2 Å². The number of hydrogen-bond donors (Lipinski definition) is 2. The van der Waals surface area contributed by atoms with Crippen molar-refractivity contribution in [1.29, 1.82) is 0 Å². The van der Waals surface area contributed by atoms with E-state index in [9.17, 15) is 4.79 Å². The summed E-state index contributed by atoms with van der Waals surface area (Å²) < 4.78 is 0. The molecule has 0 aliphatic rings. The van der Waals surface area contributed by atoms with Crippen LogP contribution >= 0.6 is 0 Å². The smallest absolute Gasteiger partial charge is 0.269 e. The van der Waals surface area contributed by atoms with Gasteiger partial charge in [-0.2, -0.15) is 0 Å². The summed E-state index contributed by atoms with van der Waals surface area (Å²) in [5.74, 6) is -0.124. The summed E-state index contributed by atoms with van der Waals surface area (Å²) in [6, 6.07) is 0.111. The quantitative estimate of drug-likeness (QED) is 0.637. The fraction of sp³-hybridized carbons (Fsp3) is 0.636. The molecule has 0 aliphatic heterocycles. The number of aliphatic imine (C=N–C) groups is 1. The third kappa shape index (κ3) is 6.01. The van der Waals surface area contributed by atoms with Crippen molar-refractivity contribution in [3.05, 3.63) is 12.2 Å². The van der Waals surface area contributed by atoms with Crippen molar-refractivity contribution in [3.63, 3.8) is 0 Å². The van der Waals surface area contributed by atoms with Crippen LogP contribution in [0.5, 0.6) is 0 Å². The zero-order chi connectivity index (χ0) is 11.7. The fourth-order valence-electron chi connectivity index (χ4n) is 1.12. The molecular weight excluding hydrogens is 190 g/mol. The predicted octanol–water partition coefficient (Wildman–Crippen LogP) is 0.747. The molecule has 2 N–H and O–H groups in total. The normalized spacial score (nSPS) is 14.3. The number of nitrogens with zero attached hydrogens (tertiary/aromatic N) is 1.